The molecule has 108 valence electrons. The van der Waals surface area contributed by atoms with Crippen LogP contribution in [0.4, 0.5) is 4.79 Å². The average Bonchev–Trinajstić information content (AvgIpc) is 3.31. The van der Waals surface area contributed by atoms with Crippen molar-refractivity contribution >= 4 is 6.09 Å². The number of carbonyl (C=O) groups is 1. The molecule has 0 radical (unpaired) electrons. The summed E-state index contributed by atoms with van der Waals surface area (Å²) in [5.41, 5.74) is 7.23. The van der Waals surface area contributed by atoms with Gasteiger partial charge < -0.3 is 15.2 Å². The molecule has 1 saturated carbocycles. The van der Waals surface area contributed by atoms with Crippen LogP contribution in [0.25, 0.3) is 0 Å². The molecule has 0 aliphatic heterocycles. The molecule has 1 aliphatic rings. The minimum Gasteiger partial charge on any atom is -0.489 e. The summed E-state index contributed by atoms with van der Waals surface area (Å²) in [6.07, 6.45) is 1.53. The highest BCUT2D eigenvalue weighted by atomic mass is 16.5. The van der Waals surface area contributed by atoms with Gasteiger partial charge in [-0.05, 0) is 42.5 Å². The van der Waals surface area contributed by atoms with Crippen LogP contribution in [0, 0.1) is 0 Å². The Morgan fingerprint density at radius 1 is 1.10 bits per heavy atom. The smallest absolute Gasteiger partial charge is 0.409 e. The standard InChI is InChI=1S/C17H17NO3/c18-17(19)21-16-8-4-7-14(12-9-10-12)15(16)11-20-13-5-2-1-3-6-13/h1-8,12H,9-11H2,(H2,18,19). The third-order valence-electron chi connectivity index (χ3n) is 3.52. The fourth-order valence-electron chi connectivity index (χ4n) is 2.39. The number of hydrogen-bond donors (Lipinski definition) is 1. The van der Waals surface area contributed by atoms with Crippen LogP contribution in [0.3, 0.4) is 0 Å². The van der Waals surface area contributed by atoms with Gasteiger partial charge in [0.1, 0.15) is 18.1 Å². The van der Waals surface area contributed by atoms with Gasteiger partial charge in [0.2, 0.25) is 0 Å². The molecule has 4 nitrogen and oxygen atoms in total. The first-order valence-electron chi connectivity index (χ1n) is 7.01. The maximum Gasteiger partial charge on any atom is 0.409 e. The number of ether oxygens (including phenoxy) is 2. The fraction of sp³-hybridized carbons (Fsp3) is 0.235. The molecular formula is C17H17NO3. The lowest BCUT2D eigenvalue weighted by molar-refractivity contribution is 0.209. The Morgan fingerprint density at radius 3 is 2.52 bits per heavy atom. The maximum absolute atomic E-state index is 11.1. The Labute approximate surface area is 123 Å². The topological polar surface area (TPSA) is 61.6 Å². The van der Waals surface area contributed by atoms with Gasteiger partial charge in [0.25, 0.3) is 0 Å². The van der Waals surface area contributed by atoms with Crippen molar-refractivity contribution in [2.75, 3.05) is 0 Å². The summed E-state index contributed by atoms with van der Waals surface area (Å²) < 4.78 is 10.9. The number of primary amides is 1. The van der Waals surface area contributed by atoms with Gasteiger partial charge in [-0.1, -0.05) is 30.3 Å². The first kappa shape index (κ1) is 13.5. The molecule has 3 rings (SSSR count). The summed E-state index contributed by atoms with van der Waals surface area (Å²) in [7, 11) is 0. The molecule has 0 bridgehead atoms. The van der Waals surface area contributed by atoms with E-state index in [-0.39, 0.29) is 0 Å². The van der Waals surface area contributed by atoms with Crippen LogP contribution in [-0.2, 0) is 6.61 Å². The Balaban J connectivity index is 1.85. The third-order valence-corrected chi connectivity index (χ3v) is 3.52. The molecule has 0 spiro atoms. The molecule has 1 aliphatic carbocycles. The predicted molar refractivity (Wildman–Crippen MR) is 79.4 cm³/mol. The molecule has 2 aromatic rings. The first-order chi connectivity index (χ1) is 10.2. The zero-order valence-electron chi connectivity index (χ0n) is 11.6. The Kier molecular flexibility index (Phi) is 3.77. The highest BCUT2D eigenvalue weighted by Gasteiger charge is 2.28. The maximum atomic E-state index is 11.1. The van der Waals surface area contributed by atoms with Gasteiger partial charge in [0.05, 0.1) is 0 Å². The Hall–Kier alpha value is -2.49. The van der Waals surface area contributed by atoms with Crippen LogP contribution in [0.5, 0.6) is 11.5 Å². The largest absolute Gasteiger partial charge is 0.489 e. The number of hydrogen-bond acceptors (Lipinski definition) is 3. The van der Waals surface area contributed by atoms with Crippen LogP contribution in [0.1, 0.15) is 29.9 Å². The first-order valence-corrected chi connectivity index (χ1v) is 7.01. The lowest BCUT2D eigenvalue weighted by Gasteiger charge is -2.14. The minimum absolute atomic E-state index is 0.360. The summed E-state index contributed by atoms with van der Waals surface area (Å²) in [5.74, 6) is 1.81. The van der Waals surface area contributed by atoms with Crippen LogP contribution in [0.2, 0.25) is 0 Å². The van der Waals surface area contributed by atoms with E-state index in [9.17, 15) is 4.79 Å². The second-order valence-corrected chi connectivity index (χ2v) is 5.12. The van der Waals surface area contributed by atoms with E-state index in [1.165, 1.54) is 18.4 Å². The van der Waals surface area contributed by atoms with E-state index in [4.69, 9.17) is 15.2 Å². The summed E-state index contributed by atoms with van der Waals surface area (Å²) in [6.45, 7) is 0.360. The SMILES string of the molecule is NC(=O)Oc1cccc(C2CC2)c1COc1ccccc1. The number of benzene rings is 2. The molecule has 0 saturated heterocycles. The summed E-state index contributed by atoms with van der Waals surface area (Å²) in [4.78, 5) is 11.1. The molecule has 0 atom stereocenters. The second-order valence-electron chi connectivity index (χ2n) is 5.12. The molecule has 0 aromatic heterocycles. The summed E-state index contributed by atoms with van der Waals surface area (Å²) in [5, 5.41) is 0. The monoisotopic (exact) mass is 283 g/mol. The van der Waals surface area contributed by atoms with Gasteiger partial charge in [-0.3, -0.25) is 0 Å². The van der Waals surface area contributed by atoms with Crippen molar-refractivity contribution in [2.45, 2.75) is 25.4 Å². The van der Waals surface area contributed by atoms with Crippen molar-refractivity contribution in [1.29, 1.82) is 0 Å². The van der Waals surface area contributed by atoms with Gasteiger partial charge in [-0.25, -0.2) is 4.79 Å². The normalized spacial score (nSPS) is 13.7. The minimum atomic E-state index is -0.802. The third kappa shape index (κ3) is 3.34. The van der Waals surface area contributed by atoms with Gasteiger partial charge in [-0.15, -0.1) is 0 Å². The molecule has 1 fully saturated rings. The Morgan fingerprint density at radius 2 is 1.86 bits per heavy atom. The van der Waals surface area contributed by atoms with Crippen LogP contribution in [0.15, 0.2) is 48.5 Å². The highest BCUT2D eigenvalue weighted by Crippen LogP contribution is 2.43. The average molecular weight is 283 g/mol. The van der Waals surface area contributed by atoms with Crippen LogP contribution >= 0.6 is 0 Å². The molecular weight excluding hydrogens is 266 g/mol. The zero-order chi connectivity index (χ0) is 14.7. The van der Waals surface area contributed by atoms with E-state index < -0.39 is 6.09 Å². The molecule has 21 heavy (non-hydrogen) atoms. The molecule has 0 unspecified atom stereocenters. The molecule has 2 N–H and O–H groups in total. The van der Waals surface area contributed by atoms with Crippen LogP contribution < -0.4 is 15.2 Å². The highest BCUT2D eigenvalue weighted by molar-refractivity contribution is 5.69. The lowest BCUT2D eigenvalue weighted by atomic mass is 10.0. The van der Waals surface area contributed by atoms with Gasteiger partial charge in [0, 0.05) is 5.56 Å². The van der Waals surface area contributed by atoms with E-state index in [0.717, 1.165) is 11.3 Å². The van der Waals surface area contributed by atoms with Gasteiger partial charge in [0.15, 0.2) is 0 Å². The molecule has 0 heterocycles. The molecule has 1 amide bonds. The van der Waals surface area contributed by atoms with E-state index in [1.54, 1.807) is 6.07 Å². The van der Waals surface area contributed by atoms with Gasteiger partial charge >= 0.3 is 6.09 Å². The van der Waals surface area contributed by atoms with Crippen molar-refractivity contribution in [1.82, 2.24) is 0 Å². The Bertz CT molecular complexity index is 636. The van der Waals surface area contributed by atoms with Crippen molar-refractivity contribution in [3.63, 3.8) is 0 Å². The fourth-order valence-corrected chi connectivity index (χ4v) is 2.39. The van der Waals surface area contributed by atoms with Crippen molar-refractivity contribution in [3.05, 3.63) is 59.7 Å². The van der Waals surface area contributed by atoms with Crippen molar-refractivity contribution in [3.8, 4) is 11.5 Å². The quantitative estimate of drug-likeness (QED) is 0.912. The number of rotatable bonds is 5. The summed E-state index contributed by atoms with van der Waals surface area (Å²) in [6, 6.07) is 15.3. The van der Waals surface area contributed by atoms with Crippen LogP contribution in [-0.4, -0.2) is 6.09 Å². The van der Waals surface area contributed by atoms with Gasteiger partial charge in [-0.2, -0.15) is 0 Å². The number of nitrogens with two attached hydrogens (primary N) is 1. The number of amides is 1. The van der Waals surface area contributed by atoms with E-state index >= 15 is 0 Å². The second kappa shape index (κ2) is 5.87. The molecule has 4 heteroatoms. The number of para-hydroxylation sites is 1. The number of carbonyl (C=O) groups excluding carboxylic acids is 1. The zero-order valence-corrected chi connectivity index (χ0v) is 11.6. The summed E-state index contributed by atoms with van der Waals surface area (Å²) >= 11 is 0. The van der Waals surface area contributed by atoms with E-state index in [1.807, 2.05) is 36.4 Å². The van der Waals surface area contributed by atoms with E-state index in [0.29, 0.717) is 18.3 Å². The lowest BCUT2D eigenvalue weighted by Crippen LogP contribution is -2.18. The van der Waals surface area contributed by atoms with Crippen molar-refractivity contribution < 1.29 is 14.3 Å². The predicted octanol–water partition coefficient (Wildman–Crippen LogP) is 3.60. The van der Waals surface area contributed by atoms with Crippen molar-refractivity contribution in [2.24, 2.45) is 5.73 Å². The molecule has 2 aromatic carbocycles. The van der Waals surface area contributed by atoms with E-state index in [2.05, 4.69) is 6.07 Å².